The van der Waals surface area contributed by atoms with Crippen LogP contribution in [-0.2, 0) is 0 Å². The smallest absolute Gasteiger partial charge is 0.146 e. The molecular weight excluding hydrogens is 486 g/mol. The number of imidazole rings is 1. The Balaban J connectivity index is 1.34. The van der Waals surface area contributed by atoms with Gasteiger partial charge in [-0.3, -0.25) is 4.40 Å². The molecule has 0 saturated heterocycles. The number of hydrogen-bond acceptors (Lipinski definition) is 1. The fourth-order valence-corrected chi connectivity index (χ4v) is 6.50. The molecular formula is C37H23N3. The minimum absolute atomic E-state index is 0.999. The predicted molar refractivity (Wildman–Crippen MR) is 167 cm³/mol. The van der Waals surface area contributed by atoms with E-state index in [1.54, 1.807) is 0 Å². The lowest BCUT2D eigenvalue weighted by molar-refractivity contribution is 1.18. The predicted octanol–water partition coefficient (Wildman–Crippen LogP) is 9.56. The van der Waals surface area contributed by atoms with Crippen LogP contribution < -0.4 is 0 Å². The summed E-state index contributed by atoms with van der Waals surface area (Å²) >= 11 is 0. The van der Waals surface area contributed by atoms with E-state index in [4.69, 9.17) is 4.98 Å². The number of para-hydroxylation sites is 5. The maximum atomic E-state index is 5.12. The largest absolute Gasteiger partial charge is 0.309 e. The fraction of sp³-hybridized carbons (Fsp3) is 0. The number of aromatic nitrogens is 3. The summed E-state index contributed by atoms with van der Waals surface area (Å²) < 4.78 is 4.67. The van der Waals surface area contributed by atoms with Crippen LogP contribution in [0, 0.1) is 0 Å². The molecule has 3 heterocycles. The SMILES string of the molecule is c1ccc(-n2c3ccccc3c3cc(-c4ccc5c6ccccc6n6c7ccccc7nc6c5c4)ccc32)cc1. The third-order valence-electron chi connectivity index (χ3n) is 8.28. The molecule has 0 atom stereocenters. The van der Waals surface area contributed by atoms with Gasteiger partial charge in [0.1, 0.15) is 5.65 Å². The molecule has 186 valence electrons. The van der Waals surface area contributed by atoms with Crippen molar-refractivity contribution in [1.82, 2.24) is 14.0 Å². The third-order valence-corrected chi connectivity index (χ3v) is 8.28. The number of rotatable bonds is 2. The van der Waals surface area contributed by atoms with Crippen molar-refractivity contribution in [2.75, 3.05) is 0 Å². The summed E-state index contributed by atoms with van der Waals surface area (Å²) in [6, 6.07) is 50.1. The van der Waals surface area contributed by atoms with Gasteiger partial charge in [-0.2, -0.15) is 0 Å². The Hall–Kier alpha value is -5.41. The van der Waals surface area contributed by atoms with E-state index in [0.717, 1.165) is 16.7 Å². The maximum Gasteiger partial charge on any atom is 0.146 e. The second kappa shape index (κ2) is 8.05. The first-order valence-corrected chi connectivity index (χ1v) is 13.7. The van der Waals surface area contributed by atoms with Crippen LogP contribution in [0.1, 0.15) is 0 Å². The zero-order chi connectivity index (χ0) is 26.2. The second-order valence-electron chi connectivity index (χ2n) is 10.5. The lowest BCUT2D eigenvalue weighted by atomic mass is 9.98. The van der Waals surface area contributed by atoms with E-state index in [1.165, 1.54) is 60.3 Å². The highest BCUT2D eigenvalue weighted by atomic mass is 15.0. The first-order chi connectivity index (χ1) is 19.8. The average Bonchev–Trinajstić information content (AvgIpc) is 3.58. The van der Waals surface area contributed by atoms with Crippen molar-refractivity contribution in [2.24, 2.45) is 0 Å². The van der Waals surface area contributed by atoms with E-state index >= 15 is 0 Å². The van der Waals surface area contributed by atoms with Crippen LogP contribution in [0.15, 0.2) is 140 Å². The van der Waals surface area contributed by atoms with E-state index in [1.807, 2.05) is 0 Å². The van der Waals surface area contributed by atoms with Crippen LogP contribution in [-0.4, -0.2) is 14.0 Å². The highest BCUT2D eigenvalue weighted by Crippen LogP contribution is 2.38. The van der Waals surface area contributed by atoms with Gasteiger partial charge in [0.15, 0.2) is 0 Å². The fourth-order valence-electron chi connectivity index (χ4n) is 6.50. The third kappa shape index (κ3) is 2.92. The molecule has 0 spiro atoms. The van der Waals surface area contributed by atoms with Gasteiger partial charge in [-0.1, -0.05) is 84.9 Å². The van der Waals surface area contributed by atoms with Gasteiger partial charge < -0.3 is 4.57 Å². The summed E-state index contributed by atoms with van der Waals surface area (Å²) in [6.45, 7) is 0. The molecule has 9 aromatic rings. The van der Waals surface area contributed by atoms with Crippen LogP contribution in [0.2, 0.25) is 0 Å². The molecule has 6 aromatic carbocycles. The van der Waals surface area contributed by atoms with Crippen LogP contribution >= 0.6 is 0 Å². The van der Waals surface area contributed by atoms with Gasteiger partial charge in [0.25, 0.3) is 0 Å². The van der Waals surface area contributed by atoms with Gasteiger partial charge >= 0.3 is 0 Å². The van der Waals surface area contributed by atoms with Gasteiger partial charge in [0, 0.05) is 27.2 Å². The number of fused-ring (bicyclic) bond motifs is 11. The van der Waals surface area contributed by atoms with E-state index in [-0.39, 0.29) is 0 Å². The molecule has 0 aliphatic carbocycles. The second-order valence-corrected chi connectivity index (χ2v) is 10.5. The topological polar surface area (TPSA) is 22.2 Å². The lowest BCUT2D eigenvalue weighted by Gasteiger charge is -2.11. The number of nitrogens with zero attached hydrogens (tertiary/aromatic N) is 3. The van der Waals surface area contributed by atoms with Gasteiger partial charge in [-0.25, -0.2) is 4.98 Å². The van der Waals surface area contributed by atoms with E-state index in [0.29, 0.717) is 0 Å². The average molecular weight is 510 g/mol. The van der Waals surface area contributed by atoms with Crippen LogP contribution in [0.4, 0.5) is 0 Å². The van der Waals surface area contributed by atoms with Crippen molar-refractivity contribution in [3.63, 3.8) is 0 Å². The van der Waals surface area contributed by atoms with Crippen molar-refractivity contribution in [3.8, 4) is 16.8 Å². The van der Waals surface area contributed by atoms with Crippen molar-refractivity contribution < 1.29 is 0 Å². The molecule has 3 heteroatoms. The zero-order valence-electron chi connectivity index (χ0n) is 21.6. The Labute approximate surface area is 230 Å². The summed E-state index contributed by atoms with van der Waals surface area (Å²) in [5, 5.41) is 6.15. The Kier molecular flexibility index (Phi) is 4.33. The molecule has 3 nitrogen and oxygen atoms in total. The minimum atomic E-state index is 0.999. The van der Waals surface area contributed by atoms with Gasteiger partial charge in [0.05, 0.1) is 27.6 Å². The Bertz CT molecular complexity index is 2430. The number of benzene rings is 6. The first-order valence-electron chi connectivity index (χ1n) is 13.7. The Morgan fingerprint density at radius 2 is 1.00 bits per heavy atom. The standard InChI is InChI=1S/C37H23N3/c1-2-10-26(11-3-1)39-33-15-7-5-13-29(33)30-22-25(19-21-35(30)39)24-18-20-27-28-12-4-8-16-34(28)40-36-17-9-6-14-32(36)38-37(40)31(27)23-24/h1-23H. The van der Waals surface area contributed by atoms with Crippen molar-refractivity contribution in [1.29, 1.82) is 0 Å². The minimum Gasteiger partial charge on any atom is -0.309 e. The van der Waals surface area contributed by atoms with E-state index in [9.17, 15) is 0 Å². The van der Waals surface area contributed by atoms with Crippen molar-refractivity contribution >= 4 is 60.2 Å². The summed E-state index contributed by atoms with van der Waals surface area (Å²) in [4.78, 5) is 5.12. The van der Waals surface area contributed by atoms with Crippen LogP contribution in [0.5, 0.6) is 0 Å². The number of pyridine rings is 1. The molecule has 0 unspecified atom stereocenters. The number of hydrogen-bond donors (Lipinski definition) is 0. The Morgan fingerprint density at radius 3 is 1.82 bits per heavy atom. The van der Waals surface area contributed by atoms with Gasteiger partial charge in [0.2, 0.25) is 0 Å². The molecule has 3 aromatic heterocycles. The normalized spacial score (nSPS) is 12.0. The summed E-state index contributed by atoms with van der Waals surface area (Å²) in [5.74, 6) is 0. The van der Waals surface area contributed by atoms with Crippen LogP contribution in [0.25, 0.3) is 77.0 Å². The highest BCUT2D eigenvalue weighted by molar-refractivity contribution is 6.15. The molecule has 0 amide bonds. The van der Waals surface area contributed by atoms with E-state index < -0.39 is 0 Å². The maximum absolute atomic E-state index is 5.12. The monoisotopic (exact) mass is 509 g/mol. The lowest BCUT2D eigenvalue weighted by Crippen LogP contribution is -1.93. The molecule has 0 bridgehead atoms. The zero-order valence-corrected chi connectivity index (χ0v) is 21.6. The molecule has 0 radical (unpaired) electrons. The Morgan fingerprint density at radius 1 is 0.400 bits per heavy atom. The molecule has 0 fully saturated rings. The molecule has 0 saturated carbocycles. The van der Waals surface area contributed by atoms with Crippen LogP contribution in [0.3, 0.4) is 0 Å². The molecule has 0 aliphatic rings. The summed E-state index contributed by atoms with van der Waals surface area (Å²) in [7, 11) is 0. The summed E-state index contributed by atoms with van der Waals surface area (Å²) in [6.07, 6.45) is 0. The van der Waals surface area contributed by atoms with Crippen molar-refractivity contribution in [3.05, 3.63) is 140 Å². The summed E-state index contributed by atoms with van der Waals surface area (Å²) in [5.41, 5.74) is 10.3. The van der Waals surface area contributed by atoms with Crippen molar-refractivity contribution in [2.45, 2.75) is 0 Å². The van der Waals surface area contributed by atoms with E-state index in [2.05, 4.69) is 148 Å². The molecule has 40 heavy (non-hydrogen) atoms. The molecule has 0 N–H and O–H groups in total. The quantitative estimate of drug-likeness (QED) is 0.213. The van der Waals surface area contributed by atoms with Gasteiger partial charge in [-0.05, 0) is 71.1 Å². The van der Waals surface area contributed by atoms with Gasteiger partial charge in [-0.15, -0.1) is 0 Å². The molecule has 0 aliphatic heterocycles. The highest BCUT2D eigenvalue weighted by Gasteiger charge is 2.16. The molecule has 9 rings (SSSR count). The first kappa shape index (κ1) is 21.5.